The third-order valence-electron chi connectivity index (χ3n) is 6.39. The van der Waals surface area contributed by atoms with Gasteiger partial charge in [-0.25, -0.2) is 15.0 Å². The molecule has 178 valence electrons. The highest BCUT2D eigenvalue weighted by Crippen LogP contribution is 2.41. The molecule has 0 unspecified atom stereocenters. The molecule has 0 bridgehead atoms. The van der Waals surface area contributed by atoms with Crippen molar-refractivity contribution in [1.29, 1.82) is 0 Å². The summed E-state index contributed by atoms with van der Waals surface area (Å²) in [6, 6.07) is 16.0. The SMILES string of the molecule is CCOC(=O)C1(C(=O)OCC)Cc2ccc(-c3ncnc4c3ncn4Cc3ccccc3)cc2C1. The Bertz CT molecular complexity index is 1380. The molecule has 8 heteroatoms. The van der Waals surface area contributed by atoms with Gasteiger partial charge in [0, 0.05) is 5.56 Å². The quantitative estimate of drug-likeness (QED) is 0.300. The van der Waals surface area contributed by atoms with Crippen LogP contribution in [0.2, 0.25) is 0 Å². The molecule has 0 radical (unpaired) electrons. The molecule has 8 nitrogen and oxygen atoms in total. The molecule has 1 aliphatic carbocycles. The number of rotatable bonds is 7. The van der Waals surface area contributed by atoms with Gasteiger partial charge in [0.2, 0.25) is 0 Å². The summed E-state index contributed by atoms with van der Waals surface area (Å²) in [5.41, 5.74) is 4.62. The average molecular weight is 471 g/mol. The second-order valence-electron chi connectivity index (χ2n) is 8.61. The van der Waals surface area contributed by atoms with Crippen LogP contribution >= 0.6 is 0 Å². The Morgan fingerprint density at radius 1 is 0.914 bits per heavy atom. The van der Waals surface area contributed by atoms with Crippen molar-refractivity contribution in [1.82, 2.24) is 19.5 Å². The first-order valence-corrected chi connectivity index (χ1v) is 11.7. The predicted octanol–water partition coefficient (Wildman–Crippen LogP) is 3.75. The van der Waals surface area contributed by atoms with Gasteiger partial charge in [0.25, 0.3) is 0 Å². The number of hydrogen-bond acceptors (Lipinski definition) is 7. The lowest BCUT2D eigenvalue weighted by atomic mass is 9.84. The topological polar surface area (TPSA) is 96.2 Å². The lowest BCUT2D eigenvalue weighted by Crippen LogP contribution is -2.43. The fourth-order valence-corrected chi connectivity index (χ4v) is 4.72. The van der Waals surface area contributed by atoms with E-state index in [2.05, 4.69) is 27.1 Å². The minimum atomic E-state index is -1.36. The Balaban J connectivity index is 1.50. The first-order chi connectivity index (χ1) is 17.1. The summed E-state index contributed by atoms with van der Waals surface area (Å²) < 4.78 is 12.6. The van der Waals surface area contributed by atoms with Crippen LogP contribution in [0.1, 0.15) is 30.5 Å². The van der Waals surface area contributed by atoms with Gasteiger partial charge in [-0.1, -0.05) is 42.5 Å². The zero-order chi connectivity index (χ0) is 24.4. The maximum atomic E-state index is 12.9. The van der Waals surface area contributed by atoms with Gasteiger partial charge >= 0.3 is 11.9 Å². The largest absolute Gasteiger partial charge is 0.465 e. The predicted molar refractivity (Wildman–Crippen MR) is 129 cm³/mol. The van der Waals surface area contributed by atoms with Crippen molar-refractivity contribution in [3.05, 3.63) is 77.9 Å². The van der Waals surface area contributed by atoms with Crippen LogP contribution in [0.3, 0.4) is 0 Å². The molecule has 35 heavy (non-hydrogen) atoms. The molecule has 2 heterocycles. The molecule has 0 aliphatic heterocycles. The Labute approximate surface area is 202 Å². The van der Waals surface area contributed by atoms with Gasteiger partial charge in [-0.15, -0.1) is 0 Å². The van der Waals surface area contributed by atoms with Gasteiger partial charge < -0.3 is 14.0 Å². The van der Waals surface area contributed by atoms with Crippen LogP contribution in [0.5, 0.6) is 0 Å². The number of ether oxygens (including phenoxy) is 2. The Kier molecular flexibility index (Phi) is 6.03. The minimum Gasteiger partial charge on any atom is -0.465 e. The molecule has 0 amide bonds. The summed E-state index contributed by atoms with van der Waals surface area (Å²) in [4.78, 5) is 39.4. The third kappa shape index (κ3) is 4.05. The lowest BCUT2D eigenvalue weighted by molar-refractivity contribution is -0.171. The van der Waals surface area contributed by atoms with E-state index in [1.165, 1.54) is 6.33 Å². The molecule has 2 aromatic heterocycles. The van der Waals surface area contributed by atoms with Crippen molar-refractivity contribution in [2.24, 2.45) is 5.41 Å². The number of aromatic nitrogens is 4. The van der Waals surface area contributed by atoms with Crippen LogP contribution in [-0.2, 0) is 38.4 Å². The molecule has 0 atom stereocenters. The first kappa shape index (κ1) is 22.7. The van der Waals surface area contributed by atoms with Crippen molar-refractivity contribution in [3.8, 4) is 11.3 Å². The number of carbonyl (C=O) groups excluding carboxylic acids is 2. The van der Waals surface area contributed by atoms with Crippen molar-refractivity contribution in [2.75, 3.05) is 13.2 Å². The maximum Gasteiger partial charge on any atom is 0.324 e. The highest BCUT2D eigenvalue weighted by atomic mass is 16.6. The number of fused-ring (bicyclic) bond motifs is 2. The molecule has 0 saturated heterocycles. The molecule has 4 aromatic rings. The summed E-state index contributed by atoms with van der Waals surface area (Å²) in [6.45, 7) is 4.51. The van der Waals surface area contributed by atoms with E-state index in [0.717, 1.165) is 27.9 Å². The van der Waals surface area contributed by atoms with E-state index in [0.29, 0.717) is 17.8 Å². The van der Waals surface area contributed by atoms with Crippen LogP contribution in [0, 0.1) is 5.41 Å². The van der Waals surface area contributed by atoms with E-state index in [9.17, 15) is 9.59 Å². The normalized spacial score (nSPS) is 14.0. The van der Waals surface area contributed by atoms with Crippen LogP contribution in [0.4, 0.5) is 0 Å². The highest BCUT2D eigenvalue weighted by molar-refractivity contribution is 6.02. The number of benzene rings is 2. The Morgan fingerprint density at radius 3 is 2.34 bits per heavy atom. The standard InChI is InChI=1S/C27H26N4O4/c1-3-34-25(32)27(26(33)35-4-2)13-20-11-10-19(12-21(20)14-27)22-23-24(29-16-28-22)31(17-30-23)15-18-8-6-5-7-9-18/h5-12,16-17H,3-4,13-15H2,1-2H3. The molecular formula is C27H26N4O4. The summed E-state index contributed by atoms with van der Waals surface area (Å²) in [5.74, 6) is -1.08. The number of carbonyl (C=O) groups is 2. The lowest BCUT2D eigenvalue weighted by Gasteiger charge is -2.23. The molecular weight excluding hydrogens is 444 g/mol. The minimum absolute atomic E-state index is 0.201. The third-order valence-corrected chi connectivity index (χ3v) is 6.39. The van der Waals surface area contributed by atoms with Crippen LogP contribution in [-0.4, -0.2) is 44.7 Å². The second kappa shape index (κ2) is 9.29. The Morgan fingerprint density at radius 2 is 1.63 bits per heavy atom. The van der Waals surface area contributed by atoms with Gasteiger partial charge in [0.05, 0.1) is 26.1 Å². The molecule has 0 saturated carbocycles. The van der Waals surface area contributed by atoms with E-state index in [1.54, 1.807) is 20.2 Å². The van der Waals surface area contributed by atoms with Crippen molar-refractivity contribution >= 4 is 23.1 Å². The van der Waals surface area contributed by atoms with E-state index >= 15 is 0 Å². The molecule has 2 aromatic carbocycles. The van der Waals surface area contributed by atoms with Gasteiger partial charge in [0.1, 0.15) is 17.5 Å². The fourth-order valence-electron chi connectivity index (χ4n) is 4.72. The molecule has 0 fully saturated rings. The van der Waals surface area contributed by atoms with E-state index < -0.39 is 17.4 Å². The van der Waals surface area contributed by atoms with Crippen molar-refractivity contribution < 1.29 is 19.1 Å². The number of esters is 2. The zero-order valence-corrected chi connectivity index (χ0v) is 19.7. The van der Waals surface area contributed by atoms with E-state index in [-0.39, 0.29) is 26.1 Å². The summed E-state index contributed by atoms with van der Waals surface area (Å²) in [6.07, 6.45) is 3.79. The average Bonchev–Trinajstić information content (AvgIpc) is 3.47. The highest BCUT2D eigenvalue weighted by Gasteiger charge is 2.53. The maximum absolute atomic E-state index is 12.9. The van der Waals surface area contributed by atoms with E-state index in [4.69, 9.17) is 9.47 Å². The Hall–Kier alpha value is -4.07. The summed E-state index contributed by atoms with van der Waals surface area (Å²) >= 11 is 0. The zero-order valence-electron chi connectivity index (χ0n) is 19.7. The van der Waals surface area contributed by atoms with Gasteiger partial charge in [-0.2, -0.15) is 0 Å². The monoisotopic (exact) mass is 470 g/mol. The fraction of sp³-hybridized carbons (Fsp3) is 0.296. The molecule has 1 aliphatic rings. The van der Waals surface area contributed by atoms with Crippen molar-refractivity contribution in [3.63, 3.8) is 0 Å². The van der Waals surface area contributed by atoms with Gasteiger partial charge in [-0.05, 0) is 49.4 Å². The molecule has 0 spiro atoms. The van der Waals surface area contributed by atoms with Crippen LogP contribution in [0.15, 0.2) is 61.2 Å². The number of hydrogen-bond donors (Lipinski definition) is 0. The second-order valence-corrected chi connectivity index (χ2v) is 8.61. The molecule has 5 rings (SSSR count). The van der Waals surface area contributed by atoms with Crippen LogP contribution < -0.4 is 0 Å². The van der Waals surface area contributed by atoms with Gasteiger partial charge in [-0.3, -0.25) is 9.59 Å². The van der Waals surface area contributed by atoms with Crippen LogP contribution in [0.25, 0.3) is 22.4 Å². The van der Waals surface area contributed by atoms with Crippen molar-refractivity contribution in [2.45, 2.75) is 33.2 Å². The number of nitrogens with zero attached hydrogens (tertiary/aromatic N) is 4. The summed E-state index contributed by atoms with van der Waals surface area (Å²) in [7, 11) is 0. The molecule has 0 N–H and O–H groups in total. The first-order valence-electron chi connectivity index (χ1n) is 11.7. The summed E-state index contributed by atoms with van der Waals surface area (Å²) in [5, 5.41) is 0. The number of imidazole rings is 1. The smallest absolute Gasteiger partial charge is 0.324 e. The van der Waals surface area contributed by atoms with E-state index in [1.807, 2.05) is 41.0 Å². The van der Waals surface area contributed by atoms with Gasteiger partial charge in [0.15, 0.2) is 11.1 Å².